The van der Waals surface area contributed by atoms with E-state index in [9.17, 15) is 9.18 Å². The van der Waals surface area contributed by atoms with E-state index in [1.54, 1.807) is 6.20 Å². The van der Waals surface area contributed by atoms with E-state index in [1.165, 1.54) is 6.07 Å². The van der Waals surface area contributed by atoms with Crippen LogP contribution in [-0.2, 0) is 25.6 Å². The highest BCUT2D eigenvalue weighted by atomic mass is 19.1. The molecule has 12 nitrogen and oxygen atoms in total. The second-order valence-electron chi connectivity index (χ2n) is 11.7. The number of nitrogens with one attached hydrogen (secondary N) is 3. The van der Waals surface area contributed by atoms with Crippen molar-refractivity contribution in [3.8, 4) is 11.4 Å². The number of hydrogen-bond donors (Lipinski definition) is 3. The van der Waals surface area contributed by atoms with Crippen molar-refractivity contribution in [2.45, 2.75) is 51.3 Å². The van der Waals surface area contributed by atoms with Gasteiger partial charge in [-0.3, -0.25) is 0 Å². The summed E-state index contributed by atoms with van der Waals surface area (Å²) in [4.78, 5) is 31.0. The van der Waals surface area contributed by atoms with Gasteiger partial charge in [-0.05, 0) is 44.2 Å². The number of hydrogen-bond acceptors (Lipinski definition) is 9. The Kier molecular flexibility index (Phi) is 14.0. The maximum absolute atomic E-state index is 15.0. The Bertz CT molecular complexity index is 1600. The van der Waals surface area contributed by atoms with Crippen molar-refractivity contribution in [1.82, 2.24) is 30.2 Å². The van der Waals surface area contributed by atoms with E-state index < -0.39 is 11.6 Å². The number of benzene rings is 1. The van der Waals surface area contributed by atoms with Gasteiger partial charge >= 0.3 is 6.03 Å². The first-order valence-electron chi connectivity index (χ1n) is 16.8. The number of aromatic nitrogens is 4. The van der Waals surface area contributed by atoms with Crippen LogP contribution in [0.25, 0.3) is 22.4 Å². The van der Waals surface area contributed by atoms with Gasteiger partial charge in [0.1, 0.15) is 11.5 Å². The third-order valence-corrected chi connectivity index (χ3v) is 8.23. The molecule has 49 heavy (non-hydrogen) atoms. The van der Waals surface area contributed by atoms with Crippen molar-refractivity contribution in [2.75, 3.05) is 64.7 Å². The maximum atomic E-state index is 15.0. The van der Waals surface area contributed by atoms with Gasteiger partial charge in [0, 0.05) is 48.9 Å². The third kappa shape index (κ3) is 10.9. The molecule has 5 rings (SSSR count). The molecule has 4 aromatic rings. The van der Waals surface area contributed by atoms with Gasteiger partial charge in [-0.2, -0.15) is 0 Å². The number of aromatic amines is 1. The molecular weight excluding hydrogens is 636 g/mol. The number of H-pyrrole nitrogens is 1. The summed E-state index contributed by atoms with van der Waals surface area (Å²) in [5.41, 5.74) is 2.05. The normalized spacial score (nSPS) is 16.1. The number of rotatable bonds is 19. The van der Waals surface area contributed by atoms with E-state index in [1.807, 2.05) is 42.2 Å². The molecule has 0 bridgehead atoms. The first kappa shape index (κ1) is 36.1. The predicted molar refractivity (Wildman–Crippen MR) is 181 cm³/mol. The Balaban J connectivity index is 1.18. The molecule has 264 valence electrons. The lowest BCUT2D eigenvalue weighted by Crippen LogP contribution is -2.51. The van der Waals surface area contributed by atoms with E-state index in [2.05, 4.69) is 30.6 Å². The first-order chi connectivity index (χ1) is 24.0. The van der Waals surface area contributed by atoms with Crippen LogP contribution in [0.15, 0.2) is 55.0 Å². The molecular formula is C35H45F2N7O5. The number of nitrogens with zero attached hydrogens (tertiary/aromatic N) is 4. The molecule has 0 saturated heterocycles. The van der Waals surface area contributed by atoms with Crippen LogP contribution in [0.1, 0.15) is 38.2 Å². The van der Waals surface area contributed by atoms with Crippen molar-refractivity contribution in [3.63, 3.8) is 0 Å². The zero-order chi connectivity index (χ0) is 34.3. The quantitative estimate of drug-likeness (QED) is 0.112. The second-order valence-corrected chi connectivity index (χ2v) is 11.7. The molecule has 1 fully saturated rings. The number of amides is 2. The van der Waals surface area contributed by atoms with E-state index in [0.29, 0.717) is 89.0 Å². The Morgan fingerprint density at radius 3 is 2.59 bits per heavy atom. The summed E-state index contributed by atoms with van der Waals surface area (Å²) in [5.74, 6) is -0.799. The third-order valence-electron chi connectivity index (χ3n) is 8.23. The molecule has 1 aliphatic rings. The SMILES string of the molecule is CCOCCOCCOCCNC(=O)N(CCOCc1ccccc1)[C@@H]1CCC[C@H](Nc2nc(-c3c[nH]c4ncc(F)cc34)ncc2F)C1. The zero-order valence-corrected chi connectivity index (χ0v) is 27.8. The van der Waals surface area contributed by atoms with Crippen molar-refractivity contribution >= 4 is 22.9 Å². The topological polar surface area (TPSA) is 136 Å². The molecule has 0 radical (unpaired) electrons. The molecule has 1 aliphatic carbocycles. The zero-order valence-electron chi connectivity index (χ0n) is 27.8. The lowest BCUT2D eigenvalue weighted by Gasteiger charge is -2.38. The number of fused-ring (bicyclic) bond motifs is 1. The fraction of sp³-hybridized carbons (Fsp3) is 0.486. The highest BCUT2D eigenvalue weighted by Crippen LogP contribution is 2.29. The largest absolute Gasteiger partial charge is 0.379 e. The smallest absolute Gasteiger partial charge is 0.317 e. The van der Waals surface area contributed by atoms with Gasteiger partial charge in [-0.1, -0.05) is 30.3 Å². The van der Waals surface area contributed by atoms with Crippen LogP contribution in [0.4, 0.5) is 19.4 Å². The summed E-state index contributed by atoms with van der Waals surface area (Å²) in [5, 5.41) is 6.74. The molecule has 1 saturated carbocycles. The van der Waals surface area contributed by atoms with Crippen LogP contribution < -0.4 is 10.6 Å². The Morgan fingerprint density at radius 2 is 1.78 bits per heavy atom. The monoisotopic (exact) mass is 681 g/mol. The molecule has 2 amide bonds. The minimum absolute atomic E-state index is 0.0515. The van der Waals surface area contributed by atoms with Gasteiger partial charge in [0.2, 0.25) is 0 Å². The fourth-order valence-electron chi connectivity index (χ4n) is 5.83. The summed E-state index contributed by atoms with van der Waals surface area (Å²) in [6.45, 7) is 6.42. The van der Waals surface area contributed by atoms with Crippen LogP contribution in [0, 0.1) is 11.6 Å². The fourth-order valence-corrected chi connectivity index (χ4v) is 5.83. The van der Waals surface area contributed by atoms with E-state index in [-0.39, 0.29) is 29.8 Å². The Labute approximate surface area is 284 Å². The van der Waals surface area contributed by atoms with Gasteiger partial charge < -0.3 is 39.5 Å². The minimum atomic E-state index is -0.598. The van der Waals surface area contributed by atoms with Gasteiger partial charge in [-0.25, -0.2) is 28.5 Å². The van der Waals surface area contributed by atoms with Gasteiger partial charge in [0.05, 0.1) is 58.6 Å². The first-order valence-corrected chi connectivity index (χ1v) is 16.8. The molecule has 3 heterocycles. The number of carbonyl (C=O) groups is 1. The van der Waals surface area contributed by atoms with Crippen LogP contribution in [0.2, 0.25) is 0 Å². The Hall–Kier alpha value is -4.24. The van der Waals surface area contributed by atoms with Crippen molar-refractivity contribution in [2.24, 2.45) is 0 Å². The van der Waals surface area contributed by atoms with Gasteiger partial charge in [0.15, 0.2) is 17.5 Å². The van der Waals surface area contributed by atoms with Gasteiger partial charge in [-0.15, -0.1) is 0 Å². The predicted octanol–water partition coefficient (Wildman–Crippen LogP) is 5.32. The lowest BCUT2D eigenvalue weighted by atomic mass is 9.90. The molecule has 2 atom stereocenters. The summed E-state index contributed by atoms with van der Waals surface area (Å²) in [6, 6.07) is 10.7. The molecule has 0 aliphatic heterocycles. The molecule has 3 aromatic heterocycles. The summed E-state index contributed by atoms with van der Waals surface area (Å²) in [7, 11) is 0. The average Bonchev–Trinajstić information content (AvgIpc) is 3.53. The highest BCUT2D eigenvalue weighted by molar-refractivity contribution is 5.91. The van der Waals surface area contributed by atoms with E-state index in [0.717, 1.165) is 37.2 Å². The lowest BCUT2D eigenvalue weighted by molar-refractivity contribution is 0.0175. The number of carbonyl (C=O) groups excluding carboxylic acids is 1. The Morgan fingerprint density at radius 1 is 0.980 bits per heavy atom. The summed E-state index contributed by atoms with van der Waals surface area (Å²) >= 11 is 0. The molecule has 14 heteroatoms. The van der Waals surface area contributed by atoms with Crippen molar-refractivity contribution in [1.29, 1.82) is 0 Å². The van der Waals surface area contributed by atoms with Crippen LogP contribution in [0.3, 0.4) is 0 Å². The standard InChI is InChI=1S/C35H45F2N7O5/c1-2-46-15-16-48-18-17-47-13-11-38-35(45)44(12-14-49-24-25-7-4-3-5-8-25)28-10-6-9-27(20-28)42-34-31(37)23-41-33(43-34)30-22-40-32-29(30)19-26(36)21-39-32/h3-5,7-8,19,21-23,27-28H,2,6,9-18,20,24H2,1H3,(H,38,45)(H,39,40)(H,41,42,43)/t27-,28+/m0/s1. The highest BCUT2D eigenvalue weighted by Gasteiger charge is 2.30. The number of ether oxygens (including phenoxy) is 4. The number of pyridine rings is 1. The van der Waals surface area contributed by atoms with Crippen LogP contribution in [-0.4, -0.2) is 102 Å². The summed E-state index contributed by atoms with van der Waals surface area (Å²) < 4.78 is 51.2. The number of urea groups is 1. The van der Waals surface area contributed by atoms with Crippen LogP contribution in [0.5, 0.6) is 0 Å². The van der Waals surface area contributed by atoms with Crippen LogP contribution >= 0.6 is 0 Å². The average molecular weight is 682 g/mol. The van der Waals surface area contributed by atoms with Gasteiger partial charge in [0.25, 0.3) is 0 Å². The molecule has 0 spiro atoms. The molecule has 1 aromatic carbocycles. The number of anilines is 1. The van der Waals surface area contributed by atoms with Crippen molar-refractivity contribution in [3.05, 3.63) is 72.2 Å². The second kappa shape index (κ2) is 19.1. The maximum Gasteiger partial charge on any atom is 0.317 e. The summed E-state index contributed by atoms with van der Waals surface area (Å²) in [6.07, 6.45) is 6.85. The minimum Gasteiger partial charge on any atom is -0.379 e. The molecule has 0 unspecified atom stereocenters. The van der Waals surface area contributed by atoms with Crippen molar-refractivity contribution < 1.29 is 32.5 Å². The number of halogens is 2. The molecule has 3 N–H and O–H groups in total. The van der Waals surface area contributed by atoms with E-state index >= 15 is 4.39 Å². The van der Waals surface area contributed by atoms with E-state index in [4.69, 9.17) is 18.9 Å².